The highest BCUT2D eigenvalue weighted by Gasteiger charge is 2.00. The zero-order chi connectivity index (χ0) is 14.2. The van der Waals surface area contributed by atoms with Crippen LogP contribution in [0.3, 0.4) is 0 Å². The fraction of sp³-hybridized carbons (Fsp3) is 0.429. The Morgan fingerprint density at radius 3 is 2.10 bits per heavy atom. The summed E-state index contributed by atoms with van der Waals surface area (Å²) in [5.41, 5.74) is 7.01. The lowest BCUT2D eigenvalue weighted by Crippen LogP contribution is -1.99. The molecule has 2 heterocycles. The van der Waals surface area contributed by atoms with E-state index in [1.807, 2.05) is 0 Å². The molecule has 6 heteroatoms. The van der Waals surface area contributed by atoms with Crippen LogP contribution >= 0.6 is 0 Å². The minimum atomic E-state index is 0.259. The van der Waals surface area contributed by atoms with Gasteiger partial charge in [-0.1, -0.05) is 26.2 Å². The standard InChI is InChI=1S/C14H20N6/c1-2-3-4-5-6-13-16-7-11(8-17-13)20-12-9-18-14(15)19-10-12/h7-10,20H,2-6H2,1H3,(H2,15,18,19). The molecule has 0 fully saturated rings. The molecule has 2 aromatic rings. The van der Waals surface area contributed by atoms with Crippen LogP contribution in [0.5, 0.6) is 0 Å². The molecular formula is C14H20N6. The predicted molar refractivity (Wildman–Crippen MR) is 79.6 cm³/mol. The quantitative estimate of drug-likeness (QED) is 0.753. The lowest BCUT2D eigenvalue weighted by Gasteiger charge is -2.05. The summed E-state index contributed by atoms with van der Waals surface area (Å²) < 4.78 is 0. The van der Waals surface area contributed by atoms with E-state index in [9.17, 15) is 0 Å². The van der Waals surface area contributed by atoms with E-state index in [-0.39, 0.29) is 5.95 Å². The molecule has 0 aliphatic rings. The smallest absolute Gasteiger partial charge is 0.220 e. The van der Waals surface area contributed by atoms with Crippen molar-refractivity contribution < 1.29 is 0 Å². The second kappa shape index (κ2) is 7.37. The van der Waals surface area contributed by atoms with Gasteiger partial charge in [0.1, 0.15) is 5.82 Å². The average Bonchev–Trinajstić information content (AvgIpc) is 2.48. The van der Waals surface area contributed by atoms with Crippen LogP contribution < -0.4 is 11.1 Å². The van der Waals surface area contributed by atoms with Crippen LogP contribution in [0.25, 0.3) is 0 Å². The first kappa shape index (κ1) is 14.2. The van der Waals surface area contributed by atoms with Crippen molar-refractivity contribution in [1.29, 1.82) is 0 Å². The molecule has 0 spiro atoms. The fourth-order valence-corrected chi connectivity index (χ4v) is 1.83. The maximum atomic E-state index is 5.43. The van der Waals surface area contributed by atoms with Crippen molar-refractivity contribution in [3.8, 4) is 0 Å². The molecule has 3 N–H and O–H groups in total. The highest BCUT2D eigenvalue weighted by Crippen LogP contribution is 2.13. The maximum absolute atomic E-state index is 5.43. The van der Waals surface area contributed by atoms with Gasteiger partial charge in [-0.2, -0.15) is 0 Å². The number of hydrogen-bond donors (Lipinski definition) is 2. The molecule has 0 unspecified atom stereocenters. The molecule has 2 aromatic heterocycles. The summed E-state index contributed by atoms with van der Waals surface area (Å²) in [6, 6.07) is 0. The number of nitrogens with zero attached hydrogens (tertiary/aromatic N) is 4. The number of nitrogen functional groups attached to an aromatic ring is 1. The maximum Gasteiger partial charge on any atom is 0.220 e. The SMILES string of the molecule is CCCCCCc1ncc(Nc2cnc(N)nc2)cn1. The minimum Gasteiger partial charge on any atom is -0.368 e. The number of nitrogens with two attached hydrogens (primary N) is 1. The molecule has 0 aliphatic heterocycles. The first-order valence-electron chi connectivity index (χ1n) is 6.93. The molecule has 0 bridgehead atoms. The van der Waals surface area contributed by atoms with E-state index < -0.39 is 0 Å². The van der Waals surface area contributed by atoms with Crippen molar-refractivity contribution in [2.75, 3.05) is 11.1 Å². The Kier molecular flexibility index (Phi) is 5.23. The highest BCUT2D eigenvalue weighted by atomic mass is 15.0. The van der Waals surface area contributed by atoms with E-state index >= 15 is 0 Å². The van der Waals surface area contributed by atoms with E-state index in [2.05, 4.69) is 32.2 Å². The van der Waals surface area contributed by atoms with Crippen LogP contribution in [0.15, 0.2) is 24.8 Å². The Balaban J connectivity index is 1.86. The van der Waals surface area contributed by atoms with Gasteiger partial charge in [0.05, 0.1) is 36.2 Å². The van der Waals surface area contributed by atoms with Gasteiger partial charge in [-0.3, -0.25) is 0 Å². The van der Waals surface area contributed by atoms with Crippen LogP contribution in [0, 0.1) is 0 Å². The van der Waals surface area contributed by atoms with E-state index in [4.69, 9.17) is 5.73 Å². The van der Waals surface area contributed by atoms with Crippen LogP contribution in [-0.4, -0.2) is 19.9 Å². The van der Waals surface area contributed by atoms with Crippen LogP contribution in [-0.2, 0) is 6.42 Å². The van der Waals surface area contributed by atoms with E-state index in [0.29, 0.717) is 0 Å². The summed E-state index contributed by atoms with van der Waals surface area (Å²) in [7, 11) is 0. The Morgan fingerprint density at radius 1 is 0.900 bits per heavy atom. The summed E-state index contributed by atoms with van der Waals surface area (Å²) in [6.45, 7) is 2.21. The van der Waals surface area contributed by atoms with Gasteiger partial charge in [0.2, 0.25) is 5.95 Å². The molecule has 6 nitrogen and oxygen atoms in total. The summed E-state index contributed by atoms with van der Waals surface area (Å²) in [4.78, 5) is 16.5. The van der Waals surface area contributed by atoms with Gasteiger partial charge in [0.15, 0.2) is 0 Å². The number of aromatic nitrogens is 4. The van der Waals surface area contributed by atoms with Gasteiger partial charge in [0.25, 0.3) is 0 Å². The van der Waals surface area contributed by atoms with Gasteiger partial charge in [-0.05, 0) is 6.42 Å². The predicted octanol–water partition coefficient (Wildman–Crippen LogP) is 2.72. The lowest BCUT2D eigenvalue weighted by atomic mass is 10.1. The molecular weight excluding hydrogens is 252 g/mol. The first-order valence-corrected chi connectivity index (χ1v) is 6.93. The molecule has 2 rings (SSSR count). The van der Waals surface area contributed by atoms with Crippen molar-refractivity contribution >= 4 is 17.3 Å². The van der Waals surface area contributed by atoms with E-state index in [1.165, 1.54) is 19.3 Å². The third-order valence-electron chi connectivity index (χ3n) is 2.92. The number of aryl methyl sites for hydroxylation is 1. The molecule has 0 saturated heterocycles. The van der Waals surface area contributed by atoms with Gasteiger partial charge in [-0.25, -0.2) is 19.9 Å². The van der Waals surface area contributed by atoms with Crippen molar-refractivity contribution in [3.63, 3.8) is 0 Å². The number of rotatable bonds is 7. The van der Waals surface area contributed by atoms with Crippen LogP contribution in [0.1, 0.15) is 38.4 Å². The van der Waals surface area contributed by atoms with Gasteiger partial charge < -0.3 is 11.1 Å². The van der Waals surface area contributed by atoms with Crippen molar-refractivity contribution in [1.82, 2.24) is 19.9 Å². The molecule has 0 saturated carbocycles. The Bertz CT molecular complexity index is 508. The van der Waals surface area contributed by atoms with Gasteiger partial charge >= 0.3 is 0 Å². The number of hydrogen-bond acceptors (Lipinski definition) is 6. The molecule has 0 amide bonds. The average molecular weight is 272 g/mol. The van der Waals surface area contributed by atoms with Gasteiger partial charge in [-0.15, -0.1) is 0 Å². The lowest BCUT2D eigenvalue weighted by molar-refractivity contribution is 0.652. The normalized spacial score (nSPS) is 10.4. The summed E-state index contributed by atoms with van der Waals surface area (Å²) >= 11 is 0. The largest absolute Gasteiger partial charge is 0.368 e. The summed E-state index contributed by atoms with van der Waals surface area (Å²) in [5, 5.41) is 3.13. The van der Waals surface area contributed by atoms with Crippen molar-refractivity contribution in [3.05, 3.63) is 30.6 Å². The zero-order valence-electron chi connectivity index (χ0n) is 11.7. The third-order valence-corrected chi connectivity index (χ3v) is 2.92. The summed E-state index contributed by atoms with van der Waals surface area (Å²) in [5.74, 6) is 1.15. The monoisotopic (exact) mass is 272 g/mol. The minimum absolute atomic E-state index is 0.259. The molecule has 106 valence electrons. The van der Waals surface area contributed by atoms with Crippen LogP contribution in [0.4, 0.5) is 17.3 Å². The number of anilines is 3. The van der Waals surface area contributed by atoms with Crippen molar-refractivity contribution in [2.24, 2.45) is 0 Å². The van der Waals surface area contributed by atoms with E-state index in [1.54, 1.807) is 24.8 Å². The number of nitrogens with one attached hydrogen (secondary N) is 1. The second-order valence-corrected chi connectivity index (χ2v) is 4.65. The zero-order valence-corrected chi connectivity index (χ0v) is 11.7. The first-order chi connectivity index (χ1) is 9.78. The van der Waals surface area contributed by atoms with E-state index in [0.717, 1.165) is 30.0 Å². The fourth-order valence-electron chi connectivity index (χ4n) is 1.83. The highest BCUT2D eigenvalue weighted by molar-refractivity contribution is 5.55. The molecule has 0 aliphatic carbocycles. The molecule has 0 aromatic carbocycles. The Morgan fingerprint density at radius 2 is 1.50 bits per heavy atom. The molecule has 20 heavy (non-hydrogen) atoms. The van der Waals surface area contributed by atoms with Gasteiger partial charge in [0, 0.05) is 6.42 Å². The van der Waals surface area contributed by atoms with Crippen LogP contribution in [0.2, 0.25) is 0 Å². The Labute approximate surface area is 118 Å². The second-order valence-electron chi connectivity index (χ2n) is 4.65. The number of unbranched alkanes of at least 4 members (excludes halogenated alkanes) is 3. The summed E-state index contributed by atoms with van der Waals surface area (Å²) in [6.07, 6.45) is 12.6. The molecule has 0 radical (unpaired) electrons. The molecule has 0 atom stereocenters. The third kappa shape index (κ3) is 4.46. The Hall–Kier alpha value is -2.24. The topological polar surface area (TPSA) is 89.6 Å². The van der Waals surface area contributed by atoms with Crippen molar-refractivity contribution in [2.45, 2.75) is 39.0 Å².